The van der Waals surface area contributed by atoms with Gasteiger partial charge < -0.3 is 14.2 Å². The molecule has 3 aromatic carbocycles. The van der Waals surface area contributed by atoms with Gasteiger partial charge in [0.25, 0.3) is 0 Å². The molecule has 1 atom stereocenters. The second-order valence-corrected chi connectivity index (χ2v) is 8.51. The third-order valence-electron chi connectivity index (χ3n) is 4.93. The summed E-state index contributed by atoms with van der Waals surface area (Å²) < 4.78 is 17.2. The highest BCUT2D eigenvalue weighted by Gasteiger charge is 2.33. The van der Waals surface area contributed by atoms with Crippen molar-refractivity contribution in [1.29, 1.82) is 0 Å². The number of rotatable bonds is 6. The van der Waals surface area contributed by atoms with Gasteiger partial charge >= 0.3 is 6.09 Å². The fraction of sp³-hybridized carbons (Fsp3) is 0.320. The van der Waals surface area contributed by atoms with E-state index in [2.05, 4.69) is 0 Å². The lowest BCUT2D eigenvalue weighted by molar-refractivity contribution is -0.0408. The van der Waals surface area contributed by atoms with Gasteiger partial charge in [0, 0.05) is 5.69 Å². The summed E-state index contributed by atoms with van der Waals surface area (Å²) in [5, 5.41) is 2.10. The highest BCUT2D eigenvalue weighted by Crippen LogP contribution is 2.29. The van der Waals surface area contributed by atoms with Crippen LogP contribution < -0.4 is 9.64 Å². The number of fused-ring (bicyclic) bond motifs is 1. The number of hydrogen-bond acceptors (Lipinski definition) is 4. The molecule has 0 bridgehead atoms. The maximum Gasteiger partial charge on any atom is 0.414 e. The molecule has 1 fully saturated rings. The van der Waals surface area contributed by atoms with E-state index in [0.29, 0.717) is 19.8 Å². The predicted molar refractivity (Wildman–Crippen MR) is 118 cm³/mol. The monoisotopic (exact) mass is 405 g/mol. The van der Waals surface area contributed by atoms with Crippen molar-refractivity contribution in [1.82, 2.24) is 0 Å². The SMILES string of the molecule is CC(C)(C)OCC1CN(c2ccc3cc(OCc4ccccc4)ccc3c2)C(=O)O1. The number of cyclic esters (lactones) is 1. The molecule has 0 saturated carbocycles. The van der Waals surface area contributed by atoms with Crippen LogP contribution in [-0.2, 0) is 16.1 Å². The average Bonchev–Trinajstić information content (AvgIpc) is 3.11. The summed E-state index contributed by atoms with van der Waals surface area (Å²) in [5.41, 5.74) is 1.69. The molecule has 30 heavy (non-hydrogen) atoms. The Kier molecular flexibility index (Phi) is 5.64. The maximum atomic E-state index is 12.3. The highest BCUT2D eigenvalue weighted by molar-refractivity contribution is 5.94. The van der Waals surface area contributed by atoms with Crippen molar-refractivity contribution >= 4 is 22.6 Å². The highest BCUT2D eigenvalue weighted by atomic mass is 16.6. The smallest absolute Gasteiger partial charge is 0.414 e. The van der Waals surface area contributed by atoms with Gasteiger partial charge in [-0.1, -0.05) is 42.5 Å². The summed E-state index contributed by atoms with van der Waals surface area (Å²) >= 11 is 0. The molecular weight excluding hydrogens is 378 g/mol. The predicted octanol–water partition coefficient (Wildman–Crippen LogP) is 5.56. The zero-order valence-corrected chi connectivity index (χ0v) is 17.6. The van der Waals surface area contributed by atoms with Crippen molar-refractivity contribution < 1.29 is 19.0 Å². The van der Waals surface area contributed by atoms with Crippen molar-refractivity contribution in [3.8, 4) is 5.75 Å². The van der Waals surface area contributed by atoms with Crippen LogP contribution in [0.1, 0.15) is 26.3 Å². The number of carbonyl (C=O) groups excluding carboxylic acids is 1. The third kappa shape index (κ3) is 4.92. The van der Waals surface area contributed by atoms with E-state index in [9.17, 15) is 4.79 Å². The first-order valence-electron chi connectivity index (χ1n) is 10.2. The second-order valence-electron chi connectivity index (χ2n) is 8.51. The molecule has 0 spiro atoms. The number of hydrogen-bond donors (Lipinski definition) is 0. The molecule has 0 radical (unpaired) electrons. The lowest BCUT2D eigenvalue weighted by Crippen LogP contribution is -2.29. The molecule has 1 amide bonds. The van der Waals surface area contributed by atoms with E-state index in [1.807, 2.05) is 87.5 Å². The number of benzene rings is 3. The fourth-order valence-electron chi connectivity index (χ4n) is 3.37. The Morgan fingerprint density at radius 1 is 1.00 bits per heavy atom. The van der Waals surface area contributed by atoms with Gasteiger partial charge in [-0.3, -0.25) is 4.90 Å². The standard InChI is InChI=1S/C25H27NO4/c1-25(2,3)29-17-23-15-26(24(27)30-23)21-11-9-20-14-22(12-10-19(20)13-21)28-16-18-7-5-4-6-8-18/h4-14,23H,15-17H2,1-3H3. The molecule has 1 aliphatic heterocycles. The maximum absolute atomic E-state index is 12.3. The molecule has 1 aliphatic rings. The van der Waals surface area contributed by atoms with Crippen molar-refractivity contribution in [2.75, 3.05) is 18.1 Å². The summed E-state index contributed by atoms with van der Waals surface area (Å²) in [6, 6.07) is 22.0. The van der Waals surface area contributed by atoms with E-state index in [1.165, 1.54) is 0 Å². The topological polar surface area (TPSA) is 48.0 Å². The van der Waals surface area contributed by atoms with Gasteiger partial charge in [-0.25, -0.2) is 4.79 Å². The molecule has 1 saturated heterocycles. The van der Waals surface area contributed by atoms with Crippen LogP contribution in [0.25, 0.3) is 10.8 Å². The summed E-state index contributed by atoms with van der Waals surface area (Å²) in [4.78, 5) is 14.0. The van der Waals surface area contributed by atoms with Crippen LogP contribution in [0.15, 0.2) is 66.7 Å². The first kappa shape index (κ1) is 20.2. The average molecular weight is 405 g/mol. The second kappa shape index (κ2) is 8.36. The zero-order chi connectivity index (χ0) is 21.1. The van der Waals surface area contributed by atoms with Gasteiger partial charge in [-0.15, -0.1) is 0 Å². The molecule has 1 heterocycles. The molecular formula is C25H27NO4. The minimum atomic E-state index is -0.334. The summed E-state index contributed by atoms with van der Waals surface area (Å²) in [5.74, 6) is 0.819. The van der Waals surface area contributed by atoms with Crippen LogP contribution in [0.4, 0.5) is 10.5 Å². The molecule has 4 rings (SSSR count). The number of amides is 1. The van der Waals surface area contributed by atoms with Crippen molar-refractivity contribution in [3.63, 3.8) is 0 Å². The molecule has 5 heteroatoms. The van der Waals surface area contributed by atoms with E-state index in [-0.39, 0.29) is 17.8 Å². The van der Waals surface area contributed by atoms with Crippen LogP contribution in [-0.4, -0.2) is 30.9 Å². The Bertz CT molecular complexity index is 1030. The summed E-state index contributed by atoms with van der Waals surface area (Å²) in [6.07, 6.45) is -0.596. The van der Waals surface area contributed by atoms with Gasteiger partial charge in [0.2, 0.25) is 0 Å². The summed E-state index contributed by atoms with van der Waals surface area (Å²) in [7, 11) is 0. The van der Waals surface area contributed by atoms with Crippen LogP contribution in [0.2, 0.25) is 0 Å². The Hall–Kier alpha value is -3.05. The van der Waals surface area contributed by atoms with Crippen LogP contribution in [0, 0.1) is 0 Å². The molecule has 5 nitrogen and oxygen atoms in total. The van der Waals surface area contributed by atoms with E-state index in [4.69, 9.17) is 14.2 Å². The largest absolute Gasteiger partial charge is 0.489 e. The minimum Gasteiger partial charge on any atom is -0.489 e. The van der Waals surface area contributed by atoms with Crippen molar-refractivity contribution in [3.05, 3.63) is 72.3 Å². The molecule has 0 N–H and O–H groups in total. The van der Waals surface area contributed by atoms with Crippen LogP contribution >= 0.6 is 0 Å². The van der Waals surface area contributed by atoms with Gasteiger partial charge in [0.05, 0.1) is 18.8 Å². The van der Waals surface area contributed by atoms with Crippen LogP contribution in [0.5, 0.6) is 5.75 Å². The van der Waals surface area contributed by atoms with E-state index < -0.39 is 0 Å². The number of ether oxygens (including phenoxy) is 3. The lowest BCUT2D eigenvalue weighted by Gasteiger charge is -2.21. The van der Waals surface area contributed by atoms with Gasteiger partial charge in [-0.05, 0) is 61.4 Å². The van der Waals surface area contributed by atoms with Crippen LogP contribution in [0.3, 0.4) is 0 Å². The van der Waals surface area contributed by atoms with Crippen molar-refractivity contribution in [2.24, 2.45) is 0 Å². The molecule has 156 valence electrons. The third-order valence-corrected chi connectivity index (χ3v) is 4.93. The quantitative estimate of drug-likeness (QED) is 0.539. The Morgan fingerprint density at radius 2 is 1.73 bits per heavy atom. The molecule has 0 aromatic heterocycles. The van der Waals surface area contributed by atoms with Gasteiger partial charge in [-0.2, -0.15) is 0 Å². The fourth-order valence-corrected chi connectivity index (χ4v) is 3.37. The first-order valence-corrected chi connectivity index (χ1v) is 10.2. The molecule has 0 aliphatic carbocycles. The van der Waals surface area contributed by atoms with Gasteiger partial charge in [0.15, 0.2) is 0 Å². The Morgan fingerprint density at radius 3 is 2.50 bits per heavy atom. The Labute approximate surface area is 177 Å². The number of anilines is 1. The lowest BCUT2D eigenvalue weighted by atomic mass is 10.1. The van der Waals surface area contributed by atoms with E-state index >= 15 is 0 Å². The summed E-state index contributed by atoms with van der Waals surface area (Å²) in [6.45, 7) is 7.37. The van der Waals surface area contributed by atoms with Gasteiger partial charge in [0.1, 0.15) is 18.5 Å². The molecule has 1 unspecified atom stereocenters. The van der Waals surface area contributed by atoms with E-state index in [0.717, 1.165) is 27.8 Å². The number of carbonyl (C=O) groups is 1. The molecule has 3 aromatic rings. The zero-order valence-electron chi connectivity index (χ0n) is 17.6. The Balaban J connectivity index is 1.44. The normalized spacial score (nSPS) is 16.7. The first-order chi connectivity index (χ1) is 14.4. The minimum absolute atomic E-state index is 0.261. The number of nitrogens with zero attached hydrogens (tertiary/aromatic N) is 1. The van der Waals surface area contributed by atoms with Crippen molar-refractivity contribution in [2.45, 2.75) is 39.1 Å². The van der Waals surface area contributed by atoms with E-state index in [1.54, 1.807) is 4.90 Å².